The van der Waals surface area contributed by atoms with Gasteiger partial charge in [-0.25, -0.2) is 15.0 Å². The van der Waals surface area contributed by atoms with Crippen LogP contribution in [0, 0.1) is 5.92 Å². The number of ketones is 1. The van der Waals surface area contributed by atoms with Crippen LogP contribution in [0.4, 0.5) is 11.6 Å². The van der Waals surface area contributed by atoms with Crippen molar-refractivity contribution >= 4 is 17.4 Å². The highest BCUT2D eigenvalue weighted by Crippen LogP contribution is 2.24. The van der Waals surface area contributed by atoms with Crippen molar-refractivity contribution in [2.24, 2.45) is 5.92 Å². The molecule has 21 heavy (non-hydrogen) atoms. The quantitative estimate of drug-likeness (QED) is 0.932. The molecule has 2 aromatic rings. The van der Waals surface area contributed by atoms with Gasteiger partial charge in [-0.2, -0.15) is 0 Å². The molecule has 0 aromatic carbocycles. The number of rotatable bonds is 3. The van der Waals surface area contributed by atoms with Crippen molar-refractivity contribution in [1.29, 1.82) is 0 Å². The molecule has 1 aliphatic carbocycles. The second-order valence-corrected chi connectivity index (χ2v) is 5.20. The van der Waals surface area contributed by atoms with Gasteiger partial charge in [-0.3, -0.25) is 4.79 Å². The Kier molecular flexibility index (Phi) is 3.51. The van der Waals surface area contributed by atoms with Gasteiger partial charge < -0.3 is 10.1 Å². The van der Waals surface area contributed by atoms with E-state index in [9.17, 15) is 4.79 Å². The maximum atomic E-state index is 11.9. The zero-order chi connectivity index (χ0) is 14.8. The number of methoxy groups -OCH3 is 1. The highest BCUT2D eigenvalue weighted by atomic mass is 16.5. The van der Waals surface area contributed by atoms with Crippen LogP contribution in [0.3, 0.4) is 0 Å². The molecular formula is C15H16N4O2. The van der Waals surface area contributed by atoms with Gasteiger partial charge >= 0.3 is 0 Å². The number of Topliss-reactive ketones (excluding diaryl/α,β-unsaturated/α-hetero) is 1. The number of carbonyl (C=O) groups excluding carboxylic acids is 1. The second-order valence-electron chi connectivity index (χ2n) is 5.20. The zero-order valence-electron chi connectivity index (χ0n) is 12.0. The van der Waals surface area contributed by atoms with Gasteiger partial charge in [0.25, 0.3) is 0 Å². The predicted octanol–water partition coefficient (Wildman–Crippen LogP) is 2.39. The number of hydrogen-bond donors (Lipinski definition) is 1. The molecule has 1 N–H and O–H groups in total. The van der Waals surface area contributed by atoms with E-state index in [2.05, 4.69) is 27.2 Å². The first kappa shape index (κ1) is 13.5. The van der Waals surface area contributed by atoms with Gasteiger partial charge in [-0.1, -0.05) is 6.92 Å². The van der Waals surface area contributed by atoms with E-state index in [0.717, 1.165) is 17.8 Å². The molecule has 1 atom stereocenters. The summed E-state index contributed by atoms with van der Waals surface area (Å²) in [7, 11) is 1.57. The van der Waals surface area contributed by atoms with E-state index in [1.54, 1.807) is 25.6 Å². The van der Waals surface area contributed by atoms with Crippen LogP contribution in [0.1, 0.15) is 29.4 Å². The lowest BCUT2D eigenvalue weighted by molar-refractivity contribution is 0.0951. The molecule has 1 unspecified atom stereocenters. The van der Waals surface area contributed by atoms with Gasteiger partial charge in [-0.05, 0) is 18.4 Å². The Hall–Kier alpha value is -2.50. The minimum Gasteiger partial charge on any atom is -0.481 e. The van der Waals surface area contributed by atoms with Crippen molar-refractivity contribution in [3.63, 3.8) is 0 Å². The van der Waals surface area contributed by atoms with Crippen LogP contribution in [0.5, 0.6) is 5.88 Å². The summed E-state index contributed by atoms with van der Waals surface area (Å²) in [6.07, 6.45) is 4.63. The number of pyridine rings is 1. The highest BCUT2D eigenvalue weighted by Gasteiger charge is 2.24. The van der Waals surface area contributed by atoms with Crippen molar-refractivity contribution in [1.82, 2.24) is 15.0 Å². The number of carbonyl (C=O) groups is 1. The Morgan fingerprint density at radius 1 is 1.24 bits per heavy atom. The summed E-state index contributed by atoms with van der Waals surface area (Å²) in [4.78, 5) is 24.7. The van der Waals surface area contributed by atoms with Crippen molar-refractivity contribution in [3.05, 3.63) is 35.8 Å². The monoisotopic (exact) mass is 284 g/mol. The molecule has 1 aliphatic rings. The Bertz CT molecular complexity index is 670. The van der Waals surface area contributed by atoms with Crippen LogP contribution in [-0.2, 0) is 6.42 Å². The summed E-state index contributed by atoms with van der Waals surface area (Å²) in [5.74, 6) is 1.48. The number of aromatic nitrogens is 3. The molecular weight excluding hydrogens is 268 g/mol. The van der Waals surface area contributed by atoms with Gasteiger partial charge in [0.15, 0.2) is 5.78 Å². The fraction of sp³-hybridized carbons (Fsp3) is 0.333. The standard InChI is InChI=1S/C15H16N4O2/c1-9-5-12-11(13(20)6-9)8-17-15(19-12)18-10-3-4-14(21-2)16-7-10/h3-4,7-9H,5-6H2,1-2H3,(H,17,18,19). The van der Waals surface area contributed by atoms with Crippen LogP contribution in [-0.4, -0.2) is 27.8 Å². The molecule has 0 amide bonds. The summed E-state index contributed by atoms with van der Waals surface area (Å²) in [6.45, 7) is 2.06. The van der Waals surface area contributed by atoms with Crippen LogP contribution in [0.25, 0.3) is 0 Å². The van der Waals surface area contributed by atoms with Crippen LogP contribution in [0.2, 0.25) is 0 Å². The molecule has 6 heteroatoms. The fourth-order valence-electron chi connectivity index (χ4n) is 2.40. The largest absolute Gasteiger partial charge is 0.481 e. The average molecular weight is 284 g/mol. The molecule has 0 saturated carbocycles. The Morgan fingerprint density at radius 3 is 2.81 bits per heavy atom. The van der Waals surface area contributed by atoms with Crippen molar-refractivity contribution < 1.29 is 9.53 Å². The van der Waals surface area contributed by atoms with E-state index >= 15 is 0 Å². The van der Waals surface area contributed by atoms with E-state index < -0.39 is 0 Å². The smallest absolute Gasteiger partial charge is 0.227 e. The third kappa shape index (κ3) is 2.84. The van der Waals surface area contributed by atoms with Gasteiger partial charge in [0.05, 0.1) is 30.3 Å². The molecule has 3 rings (SSSR count). The molecule has 0 aliphatic heterocycles. The minimum atomic E-state index is 0.126. The SMILES string of the molecule is COc1ccc(Nc2ncc3c(n2)CC(C)CC3=O)cn1. The third-order valence-electron chi connectivity index (χ3n) is 3.45. The summed E-state index contributed by atoms with van der Waals surface area (Å²) in [5.41, 5.74) is 2.23. The predicted molar refractivity (Wildman–Crippen MR) is 77.9 cm³/mol. The Labute approximate surface area is 122 Å². The number of nitrogens with zero attached hydrogens (tertiary/aromatic N) is 3. The first-order valence-electron chi connectivity index (χ1n) is 6.82. The number of ether oxygens (including phenoxy) is 1. The topological polar surface area (TPSA) is 77.0 Å². The van der Waals surface area contributed by atoms with E-state index in [0.29, 0.717) is 29.7 Å². The van der Waals surface area contributed by atoms with E-state index in [-0.39, 0.29) is 5.78 Å². The van der Waals surface area contributed by atoms with Crippen LogP contribution < -0.4 is 10.1 Å². The van der Waals surface area contributed by atoms with Gasteiger partial charge in [0, 0.05) is 18.7 Å². The lowest BCUT2D eigenvalue weighted by Crippen LogP contribution is -2.20. The average Bonchev–Trinajstić information content (AvgIpc) is 2.47. The number of fused-ring (bicyclic) bond motifs is 1. The molecule has 0 bridgehead atoms. The lowest BCUT2D eigenvalue weighted by Gasteiger charge is -2.19. The van der Waals surface area contributed by atoms with E-state index in [1.807, 2.05) is 6.07 Å². The number of nitrogens with one attached hydrogen (secondary N) is 1. The molecule has 2 heterocycles. The van der Waals surface area contributed by atoms with Crippen molar-refractivity contribution in [2.75, 3.05) is 12.4 Å². The molecule has 108 valence electrons. The molecule has 0 spiro atoms. The highest BCUT2D eigenvalue weighted by molar-refractivity contribution is 5.98. The normalized spacial score (nSPS) is 17.2. The van der Waals surface area contributed by atoms with E-state index in [4.69, 9.17) is 4.74 Å². The lowest BCUT2D eigenvalue weighted by atomic mass is 9.88. The zero-order valence-corrected chi connectivity index (χ0v) is 12.0. The molecule has 6 nitrogen and oxygen atoms in total. The fourth-order valence-corrected chi connectivity index (χ4v) is 2.40. The second kappa shape index (κ2) is 5.47. The summed E-state index contributed by atoms with van der Waals surface area (Å²) in [5, 5.41) is 3.08. The summed E-state index contributed by atoms with van der Waals surface area (Å²) >= 11 is 0. The van der Waals surface area contributed by atoms with Crippen molar-refractivity contribution in [3.8, 4) is 5.88 Å². The molecule has 2 aromatic heterocycles. The maximum Gasteiger partial charge on any atom is 0.227 e. The van der Waals surface area contributed by atoms with Crippen LogP contribution >= 0.6 is 0 Å². The maximum absolute atomic E-state index is 11.9. The van der Waals surface area contributed by atoms with Crippen molar-refractivity contribution in [2.45, 2.75) is 19.8 Å². The van der Waals surface area contributed by atoms with Gasteiger partial charge in [0.1, 0.15) is 0 Å². The molecule has 0 radical (unpaired) electrons. The summed E-state index contributed by atoms with van der Waals surface area (Å²) in [6, 6.07) is 3.59. The summed E-state index contributed by atoms with van der Waals surface area (Å²) < 4.78 is 5.01. The minimum absolute atomic E-state index is 0.126. The van der Waals surface area contributed by atoms with Gasteiger partial charge in [-0.15, -0.1) is 0 Å². The molecule has 0 saturated heterocycles. The van der Waals surface area contributed by atoms with E-state index in [1.165, 1.54) is 0 Å². The Morgan fingerprint density at radius 2 is 2.10 bits per heavy atom. The van der Waals surface area contributed by atoms with Crippen LogP contribution in [0.15, 0.2) is 24.5 Å². The number of hydrogen-bond acceptors (Lipinski definition) is 6. The number of anilines is 2. The third-order valence-corrected chi connectivity index (χ3v) is 3.45. The molecule has 0 fully saturated rings. The first-order chi connectivity index (χ1) is 10.2. The first-order valence-corrected chi connectivity index (χ1v) is 6.82. The van der Waals surface area contributed by atoms with Gasteiger partial charge in [0.2, 0.25) is 11.8 Å². The Balaban J connectivity index is 1.83.